The van der Waals surface area contributed by atoms with Crippen LogP contribution in [0.5, 0.6) is 0 Å². The van der Waals surface area contributed by atoms with Crippen molar-refractivity contribution in [3.05, 3.63) is 39.9 Å². The summed E-state index contributed by atoms with van der Waals surface area (Å²) in [4.78, 5) is 0. The van der Waals surface area contributed by atoms with Gasteiger partial charge < -0.3 is 10.4 Å². The van der Waals surface area contributed by atoms with E-state index in [1.165, 1.54) is 47.8 Å². The fourth-order valence-corrected chi connectivity index (χ4v) is 9.61. The van der Waals surface area contributed by atoms with E-state index in [0.29, 0.717) is 22.8 Å². The number of aliphatic hydroxyl groups excluding tert-OH is 1. The Balaban J connectivity index is 1.36. The number of nitrogens with one attached hydrogen (secondary N) is 1. The molecule has 3 saturated carbocycles. The molecule has 0 spiro atoms. The highest BCUT2D eigenvalue weighted by Gasteiger charge is 2.62. The lowest BCUT2D eigenvalue weighted by molar-refractivity contribution is -0.0528. The molecule has 9 atom stereocenters. The van der Waals surface area contributed by atoms with Gasteiger partial charge in [0.25, 0.3) is 0 Å². The molecule has 1 aliphatic heterocycles. The summed E-state index contributed by atoms with van der Waals surface area (Å²) in [6.07, 6.45) is 10.9. The van der Waals surface area contributed by atoms with Crippen LogP contribution >= 0.6 is 15.9 Å². The molecule has 0 aromatic heterocycles. The molecule has 3 heteroatoms. The molecule has 3 fully saturated rings. The first-order valence-corrected chi connectivity index (χ1v) is 13.0. The zero-order valence-corrected chi connectivity index (χ0v) is 20.2. The molecular formula is C27H36BrNO. The van der Waals surface area contributed by atoms with Crippen LogP contribution in [0.3, 0.4) is 0 Å². The van der Waals surface area contributed by atoms with Gasteiger partial charge in [0, 0.05) is 16.2 Å². The summed E-state index contributed by atoms with van der Waals surface area (Å²) in [7, 11) is 0. The van der Waals surface area contributed by atoms with Crippen LogP contribution < -0.4 is 5.32 Å². The Labute approximate surface area is 190 Å². The van der Waals surface area contributed by atoms with Gasteiger partial charge in [-0.05, 0) is 109 Å². The molecule has 30 heavy (non-hydrogen) atoms. The lowest BCUT2D eigenvalue weighted by Gasteiger charge is -2.58. The maximum absolute atomic E-state index is 10.3. The fourth-order valence-electron chi connectivity index (χ4n) is 9.23. The van der Waals surface area contributed by atoms with Gasteiger partial charge in [0.05, 0.1) is 6.10 Å². The predicted molar refractivity (Wildman–Crippen MR) is 127 cm³/mol. The average molecular weight is 470 g/mol. The fraction of sp³-hybridized carbons (Fsp3) is 0.704. The molecule has 2 N–H and O–H groups in total. The number of fused-ring (bicyclic) bond motifs is 8. The minimum absolute atomic E-state index is 0.105. The number of hydrogen-bond acceptors (Lipinski definition) is 2. The van der Waals surface area contributed by atoms with Gasteiger partial charge in [0.2, 0.25) is 0 Å². The lowest BCUT2D eigenvalue weighted by atomic mass is 9.47. The van der Waals surface area contributed by atoms with Crippen molar-refractivity contribution in [1.82, 2.24) is 0 Å². The number of hydrogen-bond donors (Lipinski definition) is 2. The molecule has 6 rings (SSSR count). The number of aliphatic hydroxyl groups is 1. The van der Waals surface area contributed by atoms with Crippen LogP contribution in [0.1, 0.15) is 77.2 Å². The Morgan fingerprint density at radius 1 is 1.13 bits per heavy atom. The Morgan fingerprint density at radius 2 is 1.97 bits per heavy atom. The molecule has 4 aliphatic carbocycles. The van der Waals surface area contributed by atoms with Crippen LogP contribution in [0.4, 0.5) is 5.69 Å². The number of anilines is 1. The van der Waals surface area contributed by atoms with E-state index >= 15 is 0 Å². The minimum Gasteiger partial charge on any atom is -0.393 e. The van der Waals surface area contributed by atoms with Crippen molar-refractivity contribution in [3.63, 3.8) is 0 Å². The molecule has 0 saturated heterocycles. The maximum atomic E-state index is 10.3. The molecule has 1 heterocycles. The van der Waals surface area contributed by atoms with Crippen molar-refractivity contribution in [2.24, 2.45) is 34.5 Å². The molecule has 0 unspecified atom stereocenters. The molecular weight excluding hydrogens is 434 g/mol. The highest BCUT2D eigenvalue weighted by molar-refractivity contribution is 9.10. The second kappa shape index (κ2) is 6.61. The standard InChI is InChI=1S/C27H36BrNO/c1-15-20-13-17(28)5-7-23(20)29-24-14-22-19-6-4-16-12-18(30)8-10-26(16,2)21(19)9-11-27(22,3)25(15)24/h4-5,7,13,15,18-19,21-22,24-25,29-30H,6,8-12,14H2,1-3H3/t15-,18+,19-,21+,22+,24-,25+,26+,27+/m1/s1. The van der Waals surface area contributed by atoms with E-state index in [9.17, 15) is 5.11 Å². The minimum atomic E-state index is -0.105. The van der Waals surface area contributed by atoms with Crippen LogP contribution in [0.15, 0.2) is 34.3 Å². The first-order chi connectivity index (χ1) is 14.3. The first-order valence-electron chi connectivity index (χ1n) is 12.2. The molecule has 162 valence electrons. The van der Waals surface area contributed by atoms with Crippen molar-refractivity contribution >= 4 is 21.6 Å². The van der Waals surface area contributed by atoms with E-state index in [1.807, 2.05) is 0 Å². The van der Waals surface area contributed by atoms with Gasteiger partial charge in [-0.15, -0.1) is 0 Å². The zero-order valence-electron chi connectivity index (χ0n) is 18.6. The van der Waals surface area contributed by atoms with Crippen molar-refractivity contribution in [2.75, 3.05) is 5.32 Å². The molecule has 1 aromatic carbocycles. The van der Waals surface area contributed by atoms with Crippen LogP contribution in [-0.2, 0) is 0 Å². The summed E-state index contributed by atoms with van der Waals surface area (Å²) < 4.78 is 1.20. The molecule has 1 aromatic rings. The third-order valence-corrected chi connectivity index (χ3v) is 11.1. The number of benzene rings is 1. The molecule has 2 nitrogen and oxygen atoms in total. The van der Waals surface area contributed by atoms with Crippen LogP contribution in [0.25, 0.3) is 0 Å². The van der Waals surface area contributed by atoms with Gasteiger partial charge >= 0.3 is 0 Å². The summed E-state index contributed by atoms with van der Waals surface area (Å²) in [5.74, 6) is 3.81. The quantitative estimate of drug-likeness (QED) is 0.405. The van der Waals surface area contributed by atoms with E-state index in [0.717, 1.165) is 36.5 Å². The van der Waals surface area contributed by atoms with Crippen LogP contribution in [0, 0.1) is 34.5 Å². The van der Waals surface area contributed by atoms with Crippen LogP contribution in [0.2, 0.25) is 0 Å². The molecule has 0 radical (unpaired) electrons. The third-order valence-electron chi connectivity index (χ3n) is 10.6. The second-order valence-corrected chi connectivity index (χ2v) is 12.6. The van der Waals surface area contributed by atoms with E-state index in [4.69, 9.17) is 0 Å². The Kier molecular flexibility index (Phi) is 4.37. The highest BCUT2D eigenvalue weighted by Crippen LogP contribution is 2.69. The lowest BCUT2D eigenvalue weighted by Crippen LogP contribution is -2.51. The van der Waals surface area contributed by atoms with E-state index in [1.54, 1.807) is 5.57 Å². The summed E-state index contributed by atoms with van der Waals surface area (Å²) >= 11 is 3.71. The Bertz CT molecular complexity index is 910. The van der Waals surface area contributed by atoms with E-state index in [-0.39, 0.29) is 6.10 Å². The first kappa shape index (κ1) is 19.9. The van der Waals surface area contributed by atoms with Gasteiger partial charge in [-0.1, -0.05) is 48.4 Å². The zero-order chi connectivity index (χ0) is 20.8. The Hall–Kier alpha value is -0.800. The highest BCUT2D eigenvalue weighted by atomic mass is 79.9. The second-order valence-electron chi connectivity index (χ2n) is 11.7. The van der Waals surface area contributed by atoms with E-state index in [2.05, 4.69) is 66.3 Å². The largest absolute Gasteiger partial charge is 0.393 e. The van der Waals surface area contributed by atoms with Gasteiger partial charge in [0.1, 0.15) is 0 Å². The molecule has 5 aliphatic rings. The predicted octanol–water partition coefficient (Wildman–Crippen LogP) is 6.90. The van der Waals surface area contributed by atoms with Gasteiger partial charge in [0.15, 0.2) is 0 Å². The van der Waals surface area contributed by atoms with E-state index < -0.39 is 0 Å². The number of halogens is 1. The van der Waals surface area contributed by atoms with Crippen molar-refractivity contribution in [2.45, 2.75) is 83.8 Å². The average Bonchev–Trinajstić information content (AvgIpc) is 3.02. The normalized spacial score (nSPS) is 49.0. The SMILES string of the molecule is C[C@@H]1c2cc(Br)ccc2N[C@@H]2C[C@H]3[C@@H]4CC=C5C[C@@H](O)CC[C@]5(C)[C@H]4CC[C@]3(C)[C@@H]12. The molecule has 0 amide bonds. The van der Waals surface area contributed by atoms with Crippen molar-refractivity contribution < 1.29 is 5.11 Å². The summed E-state index contributed by atoms with van der Waals surface area (Å²) in [5.41, 5.74) is 5.24. The molecule has 0 bridgehead atoms. The van der Waals surface area contributed by atoms with Crippen LogP contribution in [-0.4, -0.2) is 17.3 Å². The van der Waals surface area contributed by atoms with Gasteiger partial charge in [-0.3, -0.25) is 0 Å². The number of allylic oxidation sites excluding steroid dienone is 1. The van der Waals surface area contributed by atoms with Crippen molar-refractivity contribution in [1.29, 1.82) is 0 Å². The Morgan fingerprint density at radius 3 is 2.80 bits per heavy atom. The van der Waals surface area contributed by atoms with Crippen molar-refractivity contribution in [3.8, 4) is 0 Å². The van der Waals surface area contributed by atoms with Gasteiger partial charge in [-0.2, -0.15) is 0 Å². The topological polar surface area (TPSA) is 32.3 Å². The third kappa shape index (κ3) is 2.57. The number of rotatable bonds is 0. The van der Waals surface area contributed by atoms with Gasteiger partial charge in [-0.25, -0.2) is 0 Å². The summed E-state index contributed by atoms with van der Waals surface area (Å²) in [6, 6.07) is 7.44. The summed E-state index contributed by atoms with van der Waals surface area (Å²) in [5, 5.41) is 14.3. The maximum Gasteiger partial charge on any atom is 0.0577 e. The monoisotopic (exact) mass is 469 g/mol. The summed E-state index contributed by atoms with van der Waals surface area (Å²) in [6.45, 7) is 7.68. The smallest absolute Gasteiger partial charge is 0.0577 e.